The van der Waals surface area contributed by atoms with Crippen molar-refractivity contribution < 1.29 is 9.47 Å². The molecule has 6 nitrogen and oxygen atoms in total. The maximum absolute atomic E-state index is 6.06. The van der Waals surface area contributed by atoms with Crippen LogP contribution < -0.4 is 20.1 Å². The van der Waals surface area contributed by atoms with Gasteiger partial charge in [0, 0.05) is 28.7 Å². The van der Waals surface area contributed by atoms with E-state index >= 15 is 0 Å². The highest BCUT2D eigenvalue weighted by Crippen LogP contribution is 2.33. The Morgan fingerprint density at radius 3 is 2.69 bits per heavy atom. The second-order valence-corrected chi connectivity index (χ2v) is 6.27. The van der Waals surface area contributed by atoms with Crippen molar-refractivity contribution in [2.75, 3.05) is 23.8 Å². The van der Waals surface area contributed by atoms with Crippen molar-refractivity contribution in [3.63, 3.8) is 0 Å². The van der Waals surface area contributed by atoms with E-state index in [0.717, 1.165) is 28.4 Å². The molecule has 0 saturated carbocycles. The van der Waals surface area contributed by atoms with E-state index < -0.39 is 0 Å². The van der Waals surface area contributed by atoms with E-state index in [9.17, 15) is 0 Å². The van der Waals surface area contributed by atoms with Crippen LogP contribution in [0.4, 0.5) is 23.1 Å². The smallest absolute Gasteiger partial charge is 0.229 e. The van der Waals surface area contributed by atoms with Gasteiger partial charge in [0.15, 0.2) is 11.5 Å². The first-order valence-corrected chi connectivity index (χ1v) is 8.58. The molecule has 7 heteroatoms. The van der Waals surface area contributed by atoms with Gasteiger partial charge >= 0.3 is 0 Å². The van der Waals surface area contributed by atoms with Crippen molar-refractivity contribution in [3.8, 4) is 11.5 Å². The molecule has 26 heavy (non-hydrogen) atoms. The van der Waals surface area contributed by atoms with E-state index in [0.29, 0.717) is 30.0 Å². The fourth-order valence-corrected chi connectivity index (χ4v) is 2.78. The van der Waals surface area contributed by atoms with Crippen molar-refractivity contribution in [2.24, 2.45) is 0 Å². The lowest BCUT2D eigenvalue weighted by atomic mass is 10.2. The summed E-state index contributed by atoms with van der Waals surface area (Å²) in [4.78, 5) is 8.77. The van der Waals surface area contributed by atoms with Crippen molar-refractivity contribution >= 4 is 34.7 Å². The third-order valence-electron chi connectivity index (χ3n) is 3.92. The quantitative estimate of drug-likeness (QED) is 0.695. The summed E-state index contributed by atoms with van der Waals surface area (Å²) in [7, 11) is 0. The first-order chi connectivity index (χ1) is 12.7. The van der Waals surface area contributed by atoms with Gasteiger partial charge in [-0.2, -0.15) is 4.98 Å². The van der Waals surface area contributed by atoms with Gasteiger partial charge in [0.25, 0.3) is 0 Å². The third-order valence-corrected chi connectivity index (χ3v) is 4.15. The molecule has 0 spiro atoms. The standard InChI is InChI=1S/C19H17ClN4O2/c1-12-2-3-13(20)10-15(12)23-19-21-7-6-18(24-19)22-14-4-5-16-17(11-14)26-9-8-25-16/h2-7,10-11H,8-9H2,1H3,(H2,21,22,23,24). The molecule has 0 amide bonds. The number of rotatable bonds is 4. The Bertz CT molecular complexity index is 949. The van der Waals surface area contributed by atoms with Gasteiger partial charge in [-0.15, -0.1) is 0 Å². The minimum Gasteiger partial charge on any atom is -0.486 e. The molecule has 2 aromatic carbocycles. The molecule has 132 valence electrons. The lowest BCUT2D eigenvalue weighted by Gasteiger charge is -2.19. The molecule has 0 bridgehead atoms. The molecule has 0 radical (unpaired) electrons. The van der Waals surface area contributed by atoms with Crippen LogP contribution in [0.15, 0.2) is 48.7 Å². The number of hydrogen-bond acceptors (Lipinski definition) is 6. The van der Waals surface area contributed by atoms with Crippen molar-refractivity contribution in [2.45, 2.75) is 6.92 Å². The number of halogens is 1. The summed E-state index contributed by atoms with van der Waals surface area (Å²) in [6.07, 6.45) is 1.69. The molecular weight excluding hydrogens is 352 g/mol. The second kappa shape index (κ2) is 7.09. The molecule has 3 aromatic rings. The summed E-state index contributed by atoms with van der Waals surface area (Å²) >= 11 is 6.06. The molecular formula is C19H17ClN4O2. The molecule has 0 unspecified atom stereocenters. The molecule has 0 atom stereocenters. The summed E-state index contributed by atoms with van der Waals surface area (Å²) < 4.78 is 11.1. The lowest BCUT2D eigenvalue weighted by Crippen LogP contribution is -2.15. The predicted octanol–water partition coefficient (Wildman–Crippen LogP) is 4.70. The number of nitrogens with one attached hydrogen (secondary N) is 2. The number of aromatic nitrogens is 2. The molecule has 1 aromatic heterocycles. The van der Waals surface area contributed by atoms with Crippen molar-refractivity contribution in [1.82, 2.24) is 9.97 Å². The Kier molecular flexibility index (Phi) is 4.50. The Labute approximate surface area is 156 Å². The first kappa shape index (κ1) is 16.5. The minimum absolute atomic E-state index is 0.484. The van der Waals surface area contributed by atoms with Gasteiger partial charge in [-0.1, -0.05) is 17.7 Å². The second-order valence-electron chi connectivity index (χ2n) is 5.83. The summed E-state index contributed by atoms with van der Waals surface area (Å²) in [5, 5.41) is 7.11. The van der Waals surface area contributed by atoms with Gasteiger partial charge in [-0.3, -0.25) is 0 Å². The van der Waals surface area contributed by atoms with E-state index in [4.69, 9.17) is 21.1 Å². The van der Waals surface area contributed by atoms with Crippen LogP contribution in [0.5, 0.6) is 11.5 Å². The Hall–Kier alpha value is -2.99. The van der Waals surface area contributed by atoms with Crippen LogP contribution in [-0.2, 0) is 0 Å². The predicted molar refractivity (Wildman–Crippen MR) is 102 cm³/mol. The third kappa shape index (κ3) is 3.65. The van der Waals surface area contributed by atoms with Gasteiger partial charge < -0.3 is 20.1 Å². The molecule has 1 aliphatic heterocycles. The highest BCUT2D eigenvalue weighted by molar-refractivity contribution is 6.30. The molecule has 0 fully saturated rings. The zero-order valence-corrected chi connectivity index (χ0v) is 14.9. The van der Waals surface area contributed by atoms with Crippen molar-refractivity contribution in [3.05, 3.63) is 59.2 Å². The van der Waals surface area contributed by atoms with E-state index in [2.05, 4.69) is 20.6 Å². The van der Waals surface area contributed by atoms with Crippen LogP contribution >= 0.6 is 11.6 Å². The molecule has 2 N–H and O–H groups in total. The van der Waals surface area contributed by atoms with Gasteiger partial charge in [-0.25, -0.2) is 4.98 Å². The van der Waals surface area contributed by atoms with E-state index in [1.54, 1.807) is 12.3 Å². The number of nitrogens with zero attached hydrogens (tertiary/aromatic N) is 2. The molecule has 1 aliphatic rings. The highest BCUT2D eigenvalue weighted by Gasteiger charge is 2.12. The van der Waals surface area contributed by atoms with E-state index in [-0.39, 0.29) is 0 Å². The number of benzene rings is 2. The average molecular weight is 369 g/mol. The summed E-state index contributed by atoms with van der Waals surface area (Å²) in [5.41, 5.74) is 2.79. The summed E-state index contributed by atoms with van der Waals surface area (Å²) in [6.45, 7) is 3.12. The minimum atomic E-state index is 0.484. The van der Waals surface area contributed by atoms with Crippen LogP contribution in [0, 0.1) is 6.92 Å². The van der Waals surface area contributed by atoms with Crippen LogP contribution in [0.1, 0.15) is 5.56 Å². The van der Waals surface area contributed by atoms with E-state index in [1.807, 2.05) is 43.3 Å². The first-order valence-electron chi connectivity index (χ1n) is 8.20. The SMILES string of the molecule is Cc1ccc(Cl)cc1Nc1nccc(Nc2ccc3c(c2)OCCO3)n1. The molecule has 0 saturated heterocycles. The topological polar surface area (TPSA) is 68.3 Å². The van der Waals surface area contributed by atoms with Crippen LogP contribution in [0.3, 0.4) is 0 Å². The van der Waals surface area contributed by atoms with Crippen molar-refractivity contribution in [1.29, 1.82) is 0 Å². The zero-order chi connectivity index (χ0) is 17.9. The molecule has 0 aliphatic carbocycles. The number of aryl methyl sites for hydroxylation is 1. The maximum atomic E-state index is 6.06. The normalized spacial score (nSPS) is 12.5. The lowest BCUT2D eigenvalue weighted by molar-refractivity contribution is 0.171. The summed E-state index contributed by atoms with van der Waals surface area (Å²) in [5.74, 6) is 2.63. The maximum Gasteiger partial charge on any atom is 0.229 e. The van der Waals surface area contributed by atoms with Gasteiger partial charge in [-0.05, 0) is 42.8 Å². The Balaban J connectivity index is 1.53. The monoisotopic (exact) mass is 368 g/mol. The van der Waals surface area contributed by atoms with Crippen LogP contribution in [-0.4, -0.2) is 23.2 Å². The molecule has 2 heterocycles. The number of ether oxygens (including phenoxy) is 2. The van der Waals surface area contributed by atoms with Crippen LogP contribution in [0.25, 0.3) is 0 Å². The fourth-order valence-electron chi connectivity index (χ4n) is 2.61. The summed E-state index contributed by atoms with van der Waals surface area (Å²) in [6, 6.07) is 13.1. The number of anilines is 4. The highest BCUT2D eigenvalue weighted by atomic mass is 35.5. The fraction of sp³-hybridized carbons (Fsp3) is 0.158. The van der Waals surface area contributed by atoms with E-state index in [1.165, 1.54) is 0 Å². The largest absolute Gasteiger partial charge is 0.486 e. The molecule has 4 rings (SSSR count). The van der Waals surface area contributed by atoms with Gasteiger partial charge in [0.1, 0.15) is 19.0 Å². The Morgan fingerprint density at radius 1 is 0.962 bits per heavy atom. The van der Waals surface area contributed by atoms with Crippen LogP contribution in [0.2, 0.25) is 5.02 Å². The Morgan fingerprint density at radius 2 is 1.81 bits per heavy atom. The zero-order valence-electron chi connectivity index (χ0n) is 14.1. The van der Waals surface area contributed by atoms with Gasteiger partial charge in [0.2, 0.25) is 5.95 Å². The number of hydrogen-bond donors (Lipinski definition) is 2. The average Bonchev–Trinajstić information content (AvgIpc) is 2.65. The number of fused-ring (bicyclic) bond motifs is 1. The van der Waals surface area contributed by atoms with Gasteiger partial charge in [0.05, 0.1) is 0 Å².